The third-order valence-electron chi connectivity index (χ3n) is 5.10. The molecule has 146 valence electrons. The lowest BCUT2D eigenvalue weighted by atomic mass is 9.41. The van der Waals surface area contributed by atoms with E-state index >= 15 is 0 Å². The molecule has 0 spiro atoms. The summed E-state index contributed by atoms with van der Waals surface area (Å²) in [5.41, 5.74) is -12.1. The van der Waals surface area contributed by atoms with Crippen LogP contribution in [-0.2, 0) is 28.8 Å². The number of rotatable bonds is 7. The Hall–Kier alpha value is -3.69. The first-order chi connectivity index (χ1) is 12.3. The third kappa shape index (κ3) is 2.16. The van der Waals surface area contributed by atoms with Crippen LogP contribution in [0.15, 0.2) is 0 Å². The topological polar surface area (TPSA) is 248 Å². The molecule has 0 aliphatic heterocycles. The van der Waals surface area contributed by atoms with Gasteiger partial charge in [0.15, 0.2) is 10.8 Å². The number of aliphatic carboxylic acids is 6. The van der Waals surface area contributed by atoms with E-state index in [2.05, 4.69) is 0 Å². The minimum absolute atomic E-state index is 0.840. The number of nitrogens with zero attached hydrogens (tertiary/aromatic N) is 1. The van der Waals surface area contributed by atoms with Crippen molar-refractivity contribution >= 4 is 35.8 Å². The zero-order valence-electron chi connectivity index (χ0n) is 13.3. The lowest BCUT2D eigenvalue weighted by molar-refractivity contribution is -0.232. The number of carboxylic acids is 6. The molecule has 0 radical (unpaired) electrons. The van der Waals surface area contributed by atoms with E-state index < -0.39 is 77.2 Å². The molecular formula is C14H13NO12. The molecule has 1 saturated carbocycles. The van der Waals surface area contributed by atoms with Crippen LogP contribution in [0, 0.1) is 33.5 Å². The predicted octanol–water partition coefficient (Wildman–Crippen LogP) is -1.22. The second-order valence-corrected chi connectivity index (χ2v) is 5.89. The van der Waals surface area contributed by atoms with Crippen molar-refractivity contribution in [3.8, 4) is 6.07 Å². The molecule has 1 atom stereocenters. The minimum atomic E-state index is -4.35. The minimum Gasteiger partial charge on any atom is -0.480 e. The number of hydrogen-bond acceptors (Lipinski definition) is 7. The van der Waals surface area contributed by atoms with E-state index in [1.165, 1.54) is 6.07 Å². The number of carbonyl (C=O) groups is 6. The quantitative estimate of drug-likeness (QED) is 0.280. The van der Waals surface area contributed by atoms with Gasteiger partial charge in [0.2, 0.25) is 5.41 Å². The molecule has 1 aliphatic carbocycles. The molecule has 0 heterocycles. The molecular weight excluding hydrogens is 374 g/mol. The SMILES string of the molecule is N#CCC1CCC(C(=O)O)(C(=O)O)C(C(=O)O)(C(=O)O)C1(C(=O)O)C(=O)O. The predicted molar refractivity (Wildman–Crippen MR) is 76.1 cm³/mol. The average Bonchev–Trinajstić information content (AvgIpc) is 2.52. The zero-order valence-corrected chi connectivity index (χ0v) is 13.3. The number of nitriles is 1. The molecule has 1 unspecified atom stereocenters. The van der Waals surface area contributed by atoms with Crippen LogP contribution in [0.2, 0.25) is 0 Å². The molecule has 0 saturated heterocycles. The van der Waals surface area contributed by atoms with Crippen molar-refractivity contribution in [3.05, 3.63) is 0 Å². The van der Waals surface area contributed by atoms with E-state index in [4.69, 9.17) is 5.26 Å². The van der Waals surface area contributed by atoms with Crippen molar-refractivity contribution in [2.75, 3.05) is 0 Å². The van der Waals surface area contributed by atoms with Gasteiger partial charge in [0.05, 0.1) is 6.07 Å². The van der Waals surface area contributed by atoms with Gasteiger partial charge in [0.25, 0.3) is 0 Å². The summed E-state index contributed by atoms with van der Waals surface area (Å²) in [5, 5.41) is 66.1. The Labute approximate surface area is 149 Å². The first-order valence-electron chi connectivity index (χ1n) is 7.10. The van der Waals surface area contributed by atoms with Crippen molar-refractivity contribution in [2.24, 2.45) is 22.2 Å². The maximum atomic E-state index is 12.0. The number of carboxylic acid groups (broad SMARTS) is 6. The third-order valence-corrected chi connectivity index (χ3v) is 5.10. The number of hydrogen-bond donors (Lipinski definition) is 6. The maximum absolute atomic E-state index is 12.0. The Morgan fingerprint density at radius 2 is 1.19 bits per heavy atom. The summed E-state index contributed by atoms with van der Waals surface area (Å²) in [7, 11) is 0. The van der Waals surface area contributed by atoms with E-state index in [-0.39, 0.29) is 0 Å². The summed E-state index contributed by atoms with van der Waals surface area (Å²) >= 11 is 0. The summed E-state index contributed by atoms with van der Waals surface area (Å²) in [5.74, 6) is -17.7. The lowest BCUT2D eigenvalue weighted by Gasteiger charge is -2.53. The van der Waals surface area contributed by atoms with Crippen molar-refractivity contribution in [2.45, 2.75) is 19.3 Å². The van der Waals surface area contributed by atoms with E-state index in [1.54, 1.807) is 0 Å². The van der Waals surface area contributed by atoms with Crippen LogP contribution in [0.25, 0.3) is 0 Å². The second-order valence-electron chi connectivity index (χ2n) is 5.89. The van der Waals surface area contributed by atoms with Gasteiger partial charge in [-0.1, -0.05) is 0 Å². The molecule has 0 amide bonds. The Morgan fingerprint density at radius 3 is 1.44 bits per heavy atom. The van der Waals surface area contributed by atoms with Crippen molar-refractivity contribution < 1.29 is 59.4 Å². The monoisotopic (exact) mass is 387 g/mol. The van der Waals surface area contributed by atoms with E-state index in [0.717, 1.165) is 0 Å². The van der Waals surface area contributed by atoms with Crippen molar-refractivity contribution in [1.82, 2.24) is 0 Å². The average molecular weight is 387 g/mol. The van der Waals surface area contributed by atoms with Crippen LogP contribution in [0.3, 0.4) is 0 Å². The van der Waals surface area contributed by atoms with Gasteiger partial charge >= 0.3 is 35.8 Å². The Morgan fingerprint density at radius 1 is 0.778 bits per heavy atom. The second kappa shape index (κ2) is 6.56. The van der Waals surface area contributed by atoms with Crippen LogP contribution in [-0.4, -0.2) is 66.5 Å². The van der Waals surface area contributed by atoms with Gasteiger partial charge in [-0.2, -0.15) is 5.26 Å². The molecule has 1 rings (SSSR count). The molecule has 1 aliphatic rings. The van der Waals surface area contributed by atoms with Gasteiger partial charge in [-0.3, -0.25) is 28.8 Å². The molecule has 27 heavy (non-hydrogen) atoms. The van der Waals surface area contributed by atoms with Crippen LogP contribution < -0.4 is 0 Å². The van der Waals surface area contributed by atoms with Gasteiger partial charge in [0, 0.05) is 12.3 Å². The summed E-state index contributed by atoms with van der Waals surface area (Å²) < 4.78 is 0. The molecule has 0 aromatic carbocycles. The zero-order chi connectivity index (χ0) is 21.4. The molecule has 1 fully saturated rings. The molecule has 0 aromatic heterocycles. The Bertz CT molecular complexity index is 748. The fourth-order valence-corrected chi connectivity index (χ4v) is 3.98. The summed E-state index contributed by atoms with van der Waals surface area (Å²) in [6, 6.07) is 1.40. The first-order valence-corrected chi connectivity index (χ1v) is 7.10. The maximum Gasteiger partial charge on any atom is 0.324 e. The van der Waals surface area contributed by atoms with Gasteiger partial charge < -0.3 is 30.6 Å². The molecule has 6 N–H and O–H groups in total. The van der Waals surface area contributed by atoms with Crippen LogP contribution in [0.5, 0.6) is 0 Å². The largest absolute Gasteiger partial charge is 0.480 e. The van der Waals surface area contributed by atoms with Gasteiger partial charge in [-0.25, -0.2) is 0 Å². The van der Waals surface area contributed by atoms with Crippen molar-refractivity contribution in [3.63, 3.8) is 0 Å². The molecule has 0 bridgehead atoms. The van der Waals surface area contributed by atoms with E-state index in [1.807, 2.05) is 0 Å². The highest BCUT2D eigenvalue weighted by atomic mass is 16.4. The smallest absolute Gasteiger partial charge is 0.324 e. The van der Waals surface area contributed by atoms with Crippen LogP contribution >= 0.6 is 0 Å². The van der Waals surface area contributed by atoms with Gasteiger partial charge in [0.1, 0.15) is 0 Å². The highest BCUT2D eigenvalue weighted by molar-refractivity contribution is 6.21. The van der Waals surface area contributed by atoms with Crippen LogP contribution in [0.4, 0.5) is 0 Å². The van der Waals surface area contributed by atoms with E-state index in [9.17, 15) is 59.4 Å². The highest BCUT2D eigenvalue weighted by Gasteiger charge is 2.87. The summed E-state index contributed by atoms with van der Waals surface area (Å²) in [6.07, 6.45) is -3.02. The van der Waals surface area contributed by atoms with E-state index in [0.29, 0.717) is 0 Å². The molecule has 13 nitrogen and oxygen atoms in total. The molecule has 13 heteroatoms. The standard InChI is InChI=1S/C14H13NO12/c15-4-2-5-1-3-12(6(16)17,7(18)19)14(10(24)25,11(26)27)13(5,8(20)21)9(22)23/h5H,1-3H2,(H,16,17)(H,18,19)(H,20,21)(H,22,23)(H,24,25)(H,26,27). The van der Waals surface area contributed by atoms with Gasteiger partial charge in [-0.05, 0) is 12.8 Å². The fourth-order valence-electron chi connectivity index (χ4n) is 3.98. The highest BCUT2D eigenvalue weighted by Crippen LogP contribution is 2.64. The normalized spacial score (nSPS) is 22.0. The first kappa shape index (κ1) is 21.4. The summed E-state index contributed by atoms with van der Waals surface area (Å²) in [4.78, 5) is 71.5. The Kier molecular flexibility index (Phi) is 5.19. The van der Waals surface area contributed by atoms with Crippen molar-refractivity contribution in [1.29, 1.82) is 5.26 Å². The Balaban J connectivity index is 4.37. The van der Waals surface area contributed by atoms with Gasteiger partial charge in [-0.15, -0.1) is 0 Å². The fraction of sp³-hybridized carbons (Fsp3) is 0.500. The van der Waals surface area contributed by atoms with Crippen LogP contribution in [0.1, 0.15) is 19.3 Å². The molecule has 0 aromatic rings. The summed E-state index contributed by atoms with van der Waals surface area (Å²) in [6.45, 7) is 0. The lowest BCUT2D eigenvalue weighted by Crippen LogP contribution is -2.76.